The molecule has 2 aromatic carbocycles. The van der Waals surface area contributed by atoms with E-state index in [0.717, 1.165) is 25.9 Å². The summed E-state index contributed by atoms with van der Waals surface area (Å²) < 4.78 is 26.9. The van der Waals surface area contributed by atoms with Gasteiger partial charge in [-0.3, -0.25) is 14.0 Å². The van der Waals surface area contributed by atoms with Crippen LogP contribution < -0.4 is 9.62 Å². The summed E-state index contributed by atoms with van der Waals surface area (Å²) in [5.41, 5.74) is 1.06. The standard InChI is InChI=1S/C19H23N3O3S/c1-21(17-9-3-2-4-10-17)26(24,25)18-11-7-8-16(14-18)20-19(23)15-22-12-5-6-13-22/h2-4,7-11,14H,5-6,12-13,15H2,1H3,(H,20,23). The molecule has 0 unspecified atom stereocenters. The highest BCUT2D eigenvalue weighted by molar-refractivity contribution is 7.92. The van der Waals surface area contributed by atoms with Gasteiger partial charge in [0.2, 0.25) is 5.91 Å². The molecule has 0 spiro atoms. The van der Waals surface area contributed by atoms with Crippen molar-refractivity contribution in [1.82, 2.24) is 4.90 Å². The van der Waals surface area contributed by atoms with Crippen LogP contribution in [0.1, 0.15) is 12.8 Å². The molecular weight excluding hydrogens is 350 g/mol. The van der Waals surface area contributed by atoms with Gasteiger partial charge in [0.25, 0.3) is 10.0 Å². The van der Waals surface area contributed by atoms with E-state index in [-0.39, 0.29) is 10.8 Å². The fourth-order valence-corrected chi connectivity index (χ4v) is 4.26. The van der Waals surface area contributed by atoms with Gasteiger partial charge < -0.3 is 5.32 Å². The van der Waals surface area contributed by atoms with Crippen LogP contribution in [0.3, 0.4) is 0 Å². The summed E-state index contributed by atoms with van der Waals surface area (Å²) in [7, 11) is -2.18. The highest BCUT2D eigenvalue weighted by atomic mass is 32.2. The van der Waals surface area contributed by atoms with E-state index < -0.39 is 10.0 Å². The number of rotatable bonds is 6. The van der Waals surface area contributed by atoms with Gasteiger partial charge in [-0.15, -0.1) is 0 Å². The Bertz CT molecular complexity index is 863. The minimum Gasteiger partial charge on any atom is -0.325 e. The number of nitrogens with one attached hydrogen (secondary N) is 1. The van der Waals surface area contributed by atoms with E-state index in [9.17, 15) is 13.2 Å². The molecule has 1 N–H and O–H groups in total. The van der Waals surface area contributed by atoms with Crippen molar-refractivity contribution >= 4 is 27.3 Å². The average molecular weight is 373 g/mol. The Balaban J connectivity index is 1.74. The molecule has 1 saturated heterocycles. The molecule has 1 fully saturated rings. The summed E-state index contributed by atoms with van der Waals surface area (Å²) in [4.78, 5) is 14.4. The Kier molecular flexibility index (Phi) is 5.58. The number of benzene rings is 2. The van der Waals surface area contributed by atoms with Gasteiger partial charge >= 0.3 is 0 Å². The Morgan fingerprint density at radius 2 is 1.77 bits per heavy atom. The molecule has 0 radical (unpaired) electrons. The summed E-state index contributed by atoms with van der Waals surface area (Å²) in [5, 5.41) is 2.80. The number of carbonyl (C=O) groups excluding carboxylic acids is 1. The van der Waals surface area contributed by atoms with Crippen molar-refractivity contribution < 1.29 is 13.2 Å². The summed E-state index contributed by atoms with van der Waals surface area (Å²) >= 11 is 0. The minimum atomic E-state index is -3.70. The van der Waals surface area contributed by atoms with Crippen LogP contribution in [0.2, 0.25) is 0 Å². The minimum absolute atomic E-state index is 0.127. The van der Waals surface area contributed by atoms with Gasteiger partial charge in [0.05, 0.1) is 17.1 Å². The zero-order valence-corrected chi connectivity index (χ0v) is 15.6. The summed E-state index contributed by atoms with van der Waals surface area (Å²) in [5.74, 6) is -0.127. The van der Waals surface area contributed by atoms with Gasteiger partial charge in [-0.2, -0.15) is 0 Å². The Morgan fingerprint density at radius 3 is 2.46 bits per heavy atom. The lowest BCUT2D eigenvalue weighted by Gasteiger charge is -2.20. The molecule has 2 aromatic rings. The number of hydrogen-bond acceptors (Lipinski definition) is 4. The van der Waals surface area contributed by atoms with Gasteiger partial charge in [0, 0.05) is 12.7 Å². The number of amides is 1. The lowest BCUT2D eigenvalue weighted by Crippen LogP contribution is -2.31. The smallest absolute Gasteiger partial charge is 0.264 e. The second kappa shape index (κ2) is 7.88. The molecule has 7 heteroatoms. The Labute approximate surface area is 154 Å². The molecule has 3 rings (SSSR count). The maximum atomic E-state index is 12.9. The van der Waals surface area contributed by atoms with Crippen LogP contribution in [-0.2, 0) is 14.8 Å². The van der Waals surface area contributed by atoms with E-state index in [1.807, 2.05) is 6.07 Å². The highest BCUT2D eigenvalue weighted by Gasteiger charge is 2.22. The molecule has 1 amide bonds. The van der Waals surface area contributed by atoms with Gasteiger partial charge in [0.15, 0.2) is 0 Å². The predicted molar refractivity (Wildman–Crippen MR) is 103 cm³/mol. The number of hydrogen-bond donors (Lipinski definition) is 1. The molecule has 138 valence electrons. The quantitative estimate of drug-likeness (QED) is 0.845. The first-order chi connectivity index (χ1) is 12.5. The maximum Gasteiger partial charge on any atom is 0.264 e. The normalized spacial score (nSPS) is 15.0. The molecule has 1 heterocycles. The molecule has 6 nitrogen and oxygen atoms in total. The number of para-hydroxylation sites is 1. The van der Waals surface area contributed by atoms with Crippen LogP contribution in [-0.4, -0.2) is 45.9 Å². The van der Waals surface area contributed by atoms with Gasteiger partial charge in [-0.25, -0.2) is 8.42 Å². The van der Waals surface area contributed by atoms with Crippen molar-refractivity contribution in [2.24, 2.45) is 0 Å². The zero-order valence-electron chi connectivity index (χ0n) is 14.8. The number of sulfonamides is 1. The van der Waals surface area contributed by atoms with Crippen molar-refractivity contribution in [2.75, 3.05) is 36.3 Å². The fraction of sp³-hybridized carbons (Fsp3) is 0.316. The van der Waals surface area contributed by atoms with Crippen LogP contribution in [0.4, 0.5) is 11.4 Å². The lowest BCUT2D eigenvalue weighted by molar-refractivity contribution is -0.117. The van der Waals surface area contributed by atoms with Crippen LogP contribution >= 0.6 is 0 Å². The number of anilines is 2. The first-order valence-electron chi connectivity index (χ1n) is 8.63. The molecule has 0 saturated carbocycles. The van der Waals surface area contributed by atoms with Crippen molar-refractivity contribution in [3.63, 3.8) is 0 Å². The van der Waals surface area contributed by atoms with E-state index in [0.29, 0.717) is 17.9 Å². The number of carbonyl (C=O) groups is 1. The number of likely N-dealkylation sites (tertiary alicyclic amines) is 1. The summed E-state index contributed by atoms with van der Waals surface area (Å²) in [6, 6.07) is 15.2. The van der Waals surface area contributed by atoms with Crippen molar-refractivity contribution in [3.8, 4) is 0 Å². The second-order valence-corrected chi connectivity index (χ2v) is 8.34. The largest absolute Gasteiger partial charge is 0.325 e. The summed E-state index contributed by atoms with van der Waals surface area (Å²) in [6.45, 7) is 2.20. The maximum absolute atomic E-state index is 12.9. The Morgan fingerprint density at radius 1 is 1.08 bits per heavy atom. The highest BCUT2D eigenvalue weighted by Crippen LogP contribution is 2.23. The van der Waals surface area contributed by atoms with Crippen LogP contribution in [0.25, 0.3) is 0 Å². The van der Waals surface area contributed by atoms with Crippen molar-refractivity contribution in [2.45, 2.75) is 17.7 Å². The second-order valence-electron chi connectivity index (χ2n) is 6.37. The van der Waals surface area contributed by atoms with Gasteiger partial charge in [-0.1, -0.05) is 24.3 Å². The predicted octanol–water partition coefficient (Wildman–Crippen LogP) is 2.55. The first-order valence-corrected chi connectivity index (χ1v) is 10.1. The fourth-order valence-electron chi connectivity index (χ4n) is 3.01. The van der Waals surface area contributed by atoms with Gasteiger partial charge in [0.1, 0.15) is 0 Å². The van der Waals surface area contributed by atoms with E-state index in [1.54, 1.807) is 36.4 Å². The number of nitrogens with zero attached hydrogens (tertiary/aromatic N) is 2. The first kappa shape index (κ1) is 18.4. The van der Waals surface area contributed by atoms with Crippen LogP contribution in [0.5, 0.6) is 0 Å². The van der Waals surface area contributed by atoms with Crippen molar-refractivity contribution in [3.05, 3.63) is 54.6 Å². The van der Waals surface area contributed by atoms with E-state index >= 15 is 0 Å². The molecule has 1 aliphatic heterocycles. The molecule has 26 heavy (non-hydrogen) atoms. The third-order valence-electron chi connectivity index (χ3n) is 4.46. The topological polar surface area (TPSA) is 69.7 Å². The third-order valence-corrected chi connectivity index (χ3v) is 6.24. The monoisotopic (exact) mass is 373 g/mol. The molecular formula is C19H23N3O3S. The molecule has 0 bridgehead atoms. The van der Waals surface area contributed by atoms with E-state index in [2.05, 4.69) is 10.2 Å². The SMILES string of the molecule is CN(c1ccccc1)S(=O)(=O)c1cccc(NC(=O)CN2CCCC2)c1. The summed E-state index contributed by atoms with van der Waals surface area (Å²) in [6.07, 6.45) is 2.24. The van der Waals surface area contributed by atoms with Crippen LogP contribution in [0.15, 0.2) is 59.5 Å². The van der Waals surface area contributed by atoms with Crippen LogP contribution in [0, 0.1) is 0 Å². The Hall–Kier alpha value is -2.38. The van der Waals surface area contributed by atoms with Crippen molar-refractivity contribution in [1.29, 1.82) is 0 Å². The van der Waals surface area contributed by atoms with Gasteiger partial charge in [-0.05, 0) is 56.3 Å². The zero-order chi connectivity index (χ0) is 18.6. The lowest BCUT2D eigenvalue weighted by atomic mass is 10.3. The third kappa shape index (κ3) is 4.23. The average Bonchev–Trinajstić information content (AvgIpc) is 3.14. The van der Waals surface area contributed by atoms with E-state index in [4.69, 9.17) is 0 Å². The molecule has 1 aliphatic rings. The molecule has 0 atom stereocenters. The van der Waals surface area contributed by atoms with E-state index in [1.165, 1.54) is 23.5 Å². The molecule has 0 aromatic heterocycles. The molecule has 0 aliphatic carbocycles.